The molecule has 0 aliphatic rings. The Kier molecular flexibility index (Phi) is 8.64. The number of hydrogen-bond acceptors (Lipinski definition) is 5. The van der Waals surface area contributed by atoms with Crippen LogP contribution >= 0.6 is 0 Å². The van der Waals surface area contributed by atoms with Gasteiger partial charge >= 0.3 is 0 Å². The van der Waals surface area contributed by atoms with Crippen molar-refractivity contribution in [3.8, 4) is 22.9 Å². The number of nitrogens with zero attached hydrogens (tertiary/aromatic N) is 3. The lowest BCUT2D eigenvalue weighted by Crippen LogP contribution is -2.34. The zero-order valence-electron chi connectivity index (χ0n) is 18.7. The Morgan fingerprint density at radius 3 is 2.39 bits per heavy atom. The molecule has 3 rings (SSSR count). The molecule has 1 aromatic heterocycles. The predicted octanol–water partition coefficient (Wildman–Crippen LogP) is 4.49. The Morgan fingerprint density at radius 1 is 1.06 bits per heavy atom. The van der Waals surface area contributed by atoms with E-state index in [1.165, 1.54) is 0 Å². The smallest absolute Gasteiger partial charge is 0.222 e. The highest BCUT2D eigenvalue weighted by Gasteiger charge is 2.23. The molecule has 6 nitrogen and oxygen atoms in total. The van der Waals surface area contributed by atoms with Gasteiger partial charge in [-0.15, -0.1) is 0 Å². The number of aliphatic hydroxyl groups excluding tert-OH is 1. The van der Waals surface area contributed by atoms with Crippen molar-refractivity contribution in [2.24, 2.45) is 7.05 Å². The van der Waals surface area contributed by atoms with E-state index in [1.54, 1.807) is 11.8 Å². The first-order valence-corrected chi connectivity index (χ1v) is 10.9. The first-order chi connectivity index (χ1) is 15.1. The van der Waals surface area contributed by atoms with E-state index in [9.17, 15) is 5.11 Å². The van der Waals surface area contributed by atoms with E-state index in [2.05, 4.69) is 24.0 Å². The number of aryl methyl sites for hydroxylation is 1. The molecular weight excluding hydrogens is 390 g/mol. The summed E-state index contributed by atoms with van der Waals surface area (Å²) in [5.41, 5.74) is 2.93. The van der Waals surface area contributed by atoms with E-state index >= 15 is 0 Å². The van der Waals surface area contributed by atoms with Crippen molar-refractivity contribution in [2.75, 3.05) is 26.8 Å². The van der Waals surface area contributed by atoms with Crippen LogP contribution < -0.4 is 4.74 Å². The molecular formula is C25H33N3O3. The van der Waals surface area contributed by atoms with Crippen LogP contribution in [0.1, 0.15) is 25.3 Å². The van der Waals surface area contributed by atoms with Crippen molar-refractivity contribution in [1.82, 2.24) is 14.7 Å². The molecule has 1 N–H and O–H groups in total. The van der Waals surface area contributed by atoms with Gasteiger partial charge in [-0.2, -0.15) is 5.10 Å². The Bertz CT molecular complexity index is 913. The van der Waals surface area contributed by atoms with E-state index in [4.69, 9.17) is 14.6 Å². The first-order valence-electron chi connectivity index (χ1n) is 10.9. The maximum absolute atomic E-state index is 10.5. The predicted molar refractivity (Wildman–Crippen MR) is 123 cm³/mol. The van der Waals surface area contributed by atoms with Crippen molar-refractivity contribution in [1.29, 1.82) is 0 Å². The average molecular weight is 424 g/mol. The second kappa shape index (κ2) is 11.6. The SMILES string of the molecule is CCCC(O)CN(CCOC)Cc1c(-c2ccccc2)nn(C)c1Oc1ccccc1. The molecule has 31 heavy (non-hydrogen) atoms. The van der Waals surface area contributed by atoms with Crippen molar-refractivity contribution in [2.45, 2.75) is 32.4 Å². The summed E-state index contributed by atoms with van der Waals surface area (Å²) in [7, 11) is 3.60. The van der Waals surface area contributed by atoms with E-state index < -0.39 is 0 Å². The zero-order valence-corrected chi connectivity index (χ0v) is 18.7. The standard InChI is InChI=1S/C25H33N3O3/c1-4-11-21(29)18-28(16-17-30-3)19-23-24(20-12-7-5-8-13-20)26-27(2)25(23)31-22-14-9-6-10-15-22/h5-10,12-15,21,29H,4,11,16-19H2,1-3H3. The fourth-order valence-electron chi connectivity index (χ4n) is 3.65. The van der Waals surface area contributed by atoms with Crippen LogP contribution in [0.4, 0.5) is 0 Å². The molecule has 0 saturated carbocycles. The summed E-state index contributed by atoms with van der Waals surface area (Å²) in [6, 6.07) is 19.9. The lowest BCUT2D eigenvalue weighted by Gasteiger charge is -2.25. The van der Waals surface area contributed by atoms with E-state index in [0.717, 1.165) is 35.4 Å². The average Bonchev–Trinajstić information content (AvgIpc) is 3.08. The van der Waals surface area contributed by atoms with E-state index in [0.29, 0.717) is 32.1 Å². The summed E-state index contributed by atoms with van der Waals surface area (Å²) in [5.74, 6) is 1.47. The molecule has 1 heterocycles. The fourth-order valence-corrected chi connectivity index (χ4v) is 3.65. The number of benzene rings is 2. The number of ether oxygens (including phenoxy) is 2. The zero-order chi connectivity index (χ0) is 22.1. The van der Waals surface area contributed by atoms with Gasteiger partial charge in [0.05, 0.1) is 18.3 Å². The molecule has 1 unspecified atom stereocenters. The molecule has 0 radical (unpaired) electrons. The number of hydrogen-bond donors (Lipinski definition) is 1. The number of rotatable bonds is 12. The van der Waals surface area contributed by atoms with E-state index in [1.807, 2.05) is 55.6 Å². The summed E-state index contributed by atoms with van der Waals surface area (Å²) in [6.07, 6.45) is 1.34. The summed E-state index contributed by atoms with van der Waals surface area (Å²) in [6.45, 7) is 4.57. The molecule has 0 amide bonds. The third-order valence-electron chi connectivity index (χ3n) is 5.18. The lowest BCUT2D eigenvalue weighted by atomic mass is 10.1. The third kappa shape index (κ3) is 6.40. The van der Waals surface area contributed by atoms with Crippen molar-refractivity contribution in [3.05, 3.63) is 66.2 Å². The molecule has 0 saturated heterocycles. The molecule has 0 spiro atoms. The third-order valence-corrected chi connectivity index (χ3v) is 5.18. The van der Waals surface area contributed by atoms with Gasteiger partial charge in [0, 0.05) is 39.4 Å². The maximum atomic E-state index is 10.5. The van der Waals surface area contributed by atoms with Gasteiger partial charge in [0.25, 0.3) is 0 Å². The lowest BCUT2D eigenvalue weighted by molar-refractivity contribution is 0.0797. The van der Waals surface area contributed by atoms with Gasteiger partial charge in [0.2, 0.25) is 5.88 Å². The number of aliphatic hydroxyl groups is 1. The van der Waals surface area contributed by atoms with Gasteiger partial charge in [-0.1, -0.05) is 61.9 Å². The molecule has 2 aromatic carbocycles. The van der Waals surface area contributed by atoms with Gasteiger partial charge in [0.1, 0.15) is 11.4 Å². The summed E-state index contributed by atoms with van der Waals surface area (Å²) in [4.78, 5) is 2.21. The van der Waals surface area contributed by atoms with Crippen LogP contribution in [0, 0.1) is 0 Å². The normalized spacial score (nSPS) is 12.3. The molecule has 6 heteroatoms. The van der Waals surface area contributed by atoms with Gasteiger partial charge in [-0.25, -0.2) is 4.68 Å². The Labute approximate surface area is 185 Å². The molecule has 1 atom stereocenters. The van der Waals surface area contributed by atoms with Crippen molar-refractivity contribution in [3.63, 3.8) is 0 Å². The molecule has 166 valence electrons. The quantitative estimate of drug-likeness (QED) is 0.465. The van der Waals surface area contributed by atoms with Crippen LogP contribution in [0.2, 0.25) is 0 Å². The molecule has 0 fully saturated rings. The number of para-hydroxylation sites is 1. The van der Waals surface area contributed by atoms with Crippen LogP contribution in [0.25, 0.3) is 11.3 Å². The van der Waals surface area contributed by atoms with Crippen LogP contribution in [-0.2, 0) is 18.3 Å². The second-order valence-corrected chi connectivity index (χ2v) is 7.71. The van der Waals surface area contributed by atoms with Crippen LogP contribution in [0.15, 0.2) is 60.7 Å². The fraction of sp³-hybridized carbons (Fsp3) is 0.400. The maximum Gasteiger partial charge on any atom is 0.222 e. The molecule has 0 aliphatic heterocycles. The van der Waals surface area contributed by atoms with Crippen molar-refractivity contribution >= 4 is 0 Å². The van der Waals surface area contributed by atoms with E-state index in [-0.39, 0.29) is 6.10 Å². The van der Waals surface area contributed by atoms with Crippen LogP contribution in [0.3, 0.4) is 0 Å². The highest BCUT2D eigenvalue weighted by molar-refractivity contribution is 5.65. The number of methoxy groups -OCH3 is 1. The number of aromatic nitrogens is 2. The van der Waals surface area contributed by atoms with Gasteiger partial charge in [-0.05, 0) is 18.6 Å². The van der Waals surface area contributed by atoms with Crippen molar-refractivity contribution < 1.29 is 14.6 Å². The van der Waals surface area contributed by atoms with Gasteiger partial charge < -0.3 is 14.6 Å². The minimum Gasteiger partial charge on any atom is -0.439 e. The Hall–Kier alpha value is -2.67. The summed E-state index contributed by atoms with van der Waals surface area (Å²) >= 11 is 0. The molecule has 0 aliphatic carbocycles. The van der Waals surface area contributed by atoms with Gasteiger partial charge in [0.15, 0.2) is 0 Å². The minimum atomic E-state index is -0.378. The largest absolute Gasteiger partial charge is 0.439 e. The van der Waals surface area contributed by atoms with Crippen LogP contribution in [0.5, 0.6) is 11.6 Å². The topological polar surface area (TPSA) is 59.8 Å². The monoisotopic (exact) mass is 423 g/mol. The summed E-state index contributed by atoms with van der Waals surface area (Å²) < 4.78 is 13.4. The molecule has 0 bridgehead atoms. The second-order valence-electron chi connectivity index (χ2n) is 7.71. The summed E-state index contributed by atoms with van der Waals surface area (Å²) in [5, 5.41) is 15.3. The highest BCUT2D eigenvalue weighted by atomic mass is 16.5. The highest BCUT2D eigenvalue weighted by Crippen LogP contribution is 2.34. The van der Waals surface area contributed by atoms with Crippen LogP contribution in [-0.4, -0.2) is 52.7 Å². The van der Waals surface area contributed by atoms with Gasteiger partial charge in [-0.3, -0.25) is 4.90 Å². The Morgan fingerprint density at radius 2 is 1.74 bits per heavy atom. The molecule has 3 aromatic rings. The first kappa shape index (κ1) is 23.0. The minimum absolute atomic E-state index is 0.378. The Balaban J connectivity index is 1.97.